The second-order valence-electron chi connectivity index (χ2n) is 5.21. The lowest BCUT2D eigenvalue weighted by molar-refractivity contribution is 0.00258. The molecule has 3 nitrogen and oxygen atoms in total. The summed E-state index contributed by atoms with van der Waals surface area (Å²) in [5, 5.41) is 0.991. The van der Waals surface area contributed by atoms with Gasteiger partial charge in [0.25, 0.3) is 0 Å². The number of hydrogen-bond acceptors (Lipinski definition) is 3. The topological polar surface area (TPSA) is 21.7 Å². The fourth-order valence-electron chi connectivity index (χ4n) is 2.79. The third-order valence-electron chi connectivity index (χ3n) is 3.97. The minimum absolute atomic E-state index is 0.520. The van der Waals surface area contributed by atoms with Gasteiger partial charge in [-0.25, -0.2) is 0 Å². The van der Waals surface area contributed by atoms with Gasteiger partial charge < -0.3 is 9.47 Å². The summed E-state index contributed by atoms with van der Waals surface area (Å²) < 4.78 is 11.1. The van der Waals surface area contributed by atoms with Crippen LogP contribution in [0.5, 0.6) is 5.75 Å². The second kappa shape index (κ2) is 6.25. The van der Waals surface area contributed by atoms with Crippen LogP contribution in [0.4, 0.5) is 0 Å². The maximum atomic E-state index is 5.55. The van der Waals surface area contributed by atoms with Crippen molar-refractivity contribution in [2.24, 2.45) is 0 Å². The summed E-state index contributed by atoms with van der Waals surface area (Å²) in [6.07, 6.45) is 2.17. The van der Waals surface area contributed by atoms with Crippen LogP contribution >= 0.6 is 15.9 Å². The van der Waals surface area contributed by atoms with Crippen molar-refractivity contribution in [3.63, 3.8) is 0 Å². The minimum Gasteiger partial charge on any atom is -0.493 e. The summed E-state index contributed by atoms with van der Waals surface area (Å²) in [5.41, 5.74) is 2.79. The van der Waals surface area contributed by atoms with Gasteiger partial charge in [-0.2, -0.15) is 0 Å². The Kier molecular flexibility index (Phi) is 4.41. The number of nitrogens with zero attached hydrogens (tertiary/aromatic N) is 1. The highest BCUT2D eigenvalue weighted by Gasteiger charge is 2.21. The van der Waals surface area contributed by atoms with Gasteiger partial charge in [-0.05, 0) is 23.6 Å². The van der Waals surface area contributed by atoms with E-state index in [-0.39, 0.29) is 0 Å². The molecule has 0 saturated carbocycles. The SMILES string of the molecule is BrCC1COCCN1CCc1ccc2c(c1)CCO2. The summed E-state index contributed by atoms with van der Waals surface area (Å²) >= 11 is 3.58. The average molecular weight is 326 g/mol. The van der Waals surface area contributed by atoms with Crippen LogP contribution in [-0.4, -0.2) is 49.2 Å². The molecule has 2 heterocycles. The maximum Gasteiger partial charge on any atom is 0.122 e. The normalized spacial score (nSPS) is 23.1. The summed E-state index contributed by atoms with van der Waals surface area (Å²) in [4.78, 5) is 2.53. The van der Waals surface area contributed by atoms with Crippen LogP contribution in [-0.2, 0) is 17.6 Å². The van der Waals surface area contributed by atoms with E-state index in [2.05, 4.69) is 39.0 Å². The molecule has 1 unspecified atom stereocenters. The van der Waals surface area contributed by atoms with Crippen LogP contribution in [0.15, 0.2) is 18.2 Å². The number of morpholine rings is 1. The van der Waals surface area contributed by atoms with Crippen molar-refractivity contribution in [3.8, 4) is 5.75 Å². The van der Waals surface area contributed by atoms with Crippen molar-refractivity contribution in [3.05, 3.63) is 29.3 Å². The van der Waals surface area contributed by atoms with Gasteiger partial charge in [-0.3, -0.25) is 4.90 Å². The molecule has 0 bridgehead atoms. The molecule has 0 radical (unpaired) electrons. The Bertz CT molecular complexity index is 438. The van der Waals surface area contributed by atoms with E-state index < -0.39 is 0 Å². The lowest BCUT2D eigenvalue weighted by atomic mass is 10.1. The monoisotopic (exact) mass is 325 g/mol. The van der Waals surface area contributed by atoms with E-state index in [0.717, 1.165) is 56.8 Å². The Labute approximate surface area is 123 Å². The predicted octanol–water partition coefficient (Wildman–Crippen LogP) is 2.26. The summed E-state index contributed by atoms with van der Waals surface area (Å²) in [6, 6.07) is 7.16. The zero-order valence-corrected chi connectivity index (χ0v) is 12.7. The molecule has 4 heteroatoms. The van der Waals surface area contributed by atoms with Gasteiger partial charge in [0.1, 0.15) is 5.75 Å². The summed E-state index contributed by atoms with van der Waals surface area (Å²) in [7, 11) is 0. The summed E-state index contributed by atoms with van der Waals surface area (Å²) in [6.45, 7) is 4.71. The first kappa shape index (κ1) is 13.4. The largest absolute Gasteiger partial charge is 0.493 e. The number of alkyl halides is 1. The molecular formula is C15H20BrNO2. The Morgan fingerprint density at radius 3 is 3.16 bits per heavy atom. The molecule has 19 heavy (non-hydrogen) atoms. The highest BCUT2D eigenvalue weighted by atomic mass is 79.9. The second-order valence-corrected chi connectivity index (χ2v) is 5.86. The van der Waals surface area contributed by atoms with Crippen molar-refractivity contribution < 1.29 is 9.47 Å². The molecule has 0 spiro atoms. The molecule has 1 fully saturated rings. The van der Waals surface area contributed by atoms with Crippen molar-refractivity contribution in [1.29, 1.82) is 0 Å². The molecule has 2 aliphatic heterocycles. The van der Waals surface area contributed by atoms with Gasteiger partial charge in [0.05, 0.1) is 19.8 Å². The van der Waals surface area contributed by atoms with Crippen LogP contribution in [0.25, 0.3) is 0 Å². The van der Waals surface area contributed by atoms with Crippen LogP contribution in [0, 0.1) is 0 Å². The van der Waals surface area contributed by atoms with E-state index in [4.69, 9.17) is 9.47 Å². The zero-order valence-electron chi connectivity index (χ0n) is 11.1. The number of rotatable bonds is 4. The van der Waals surface area contributed by atoms with Crippen LogP contribution in [0.1, 0.15) is 11.1 Å². The van der Waals surface area contributed by atoms with E-state index in [9.17, 15) is 0 Å². The van der Waals surface area contributed by atoms with Gasteiger partial charge in [-0.15, -0.1) is 0 Å². The molecule has 1 saturated heterocycles. The number of ether oxygens (including phenoxy) is 2. The number of hydrogen-bond donors (Lipinski definition) is 0. The molecular weight excluding hydrogens is 306 g/mol. The van der Waals surface area contributed by atoms with Gasteiger partial charge in [0, 0.05) is 30.9 Å². The van der Waals surface area contributed by atoms with Crippen LogP contribution in [0.2, 0.25) is 0 Å². The highest BCUT2D eigenvalue weighted by Crippen LogP contribution is 2.26. The van der Waals surface area contributed by atoms with E-state index in [0.29, 0.717) is 6.04 Å². The van der Waals surface area contributed by atoms with Crippen molar-refractivity contribution in [2.45, 2.75) is 18.9 Å². The molecule has 2 aliphatic rings. The van der Waals surface area contributed by atoms with Crippen LogP contribution < -0.4 is 4.74 Å². The molecule has 0 aromatic heterocycles. The third-order valence-corrected chi connectivity index (χ3v) is 4.72. The molecule has 1 aromatic rings. The molecule has 0 aliphatic carbocycles. The molecule has 0 amide bonds. The number of halogens is 1. The minimum atomic E-state index is 0.520. The zero-order chi connectivity index (χ0) is 13.1. The van der Waals surface area contributed by atoms with Crippen molar-refractivity contribution >= 4 is 15.9 Å². The van der Waals surface area contributed by atoms with Gasteiger partial charge in [-0.1, -0.05) is 28.1 Å². The lowest BCUT2D eigenvalue weighted by Gasteiger charge is -2.34. The third kappa shape index (κ3) is 3.12. The Morgan fingerprint density at radius 1 is 1.32 bits per heavy atom. The number of fused-ring (bicyclic) bond motifs is 1. The van der Waals surface area contributed by atoms with E-state index in [1.165, 1.54) is 11.1 Å². The average Bonchev–Trinajstić information content (AvgIpc) is 2.93. The molecule has 1 atom stereocenters. The van der Waals surface area contributed by atoms with E-state index in [1.54, 1.807) is 0 Å². The standard InChI is InChI=1S/C15H20BrNO2/c16-10-14-11-18-8-6-17(14)5-3-12-1-2-15-13(9-12)4-7-19-15/h1-2,9,14H,3-8,10-11H2. The number of benzene rings is 1. The first-order valence-corrected chi connectivity index (χ1v) is 8.11. The first-order chi connectivity index (χ1) is 9.36. The van der Waals surface area contributed by atoms with Gasteiger partial charge in [0.2, 0.25) is 0 Å². The molecule has 3 rings (SSSR count). The Hall–Kier alpha value is -0.580. The quantitative estimate of drug-likeness (QED) is 0.793. The lowest BCUT2D eigenvalue weighted by Crippen LogP contribution is -2.47. The molecule has 104 valence electrons. The fourth-order valence-corrected chi connectivity index (χ4v) is 3.39. The maximum absolute atomic E-state index is 5.55. The molecule has 0 N–H and O–H groups in total. The fraction of sp³-hybridized carbons (Fsp3) is 0.600. The van der Waals surface area contributed by atoms with Gasteiger partial charge in [0.15, 0.2) is 0 Å². The van der Waals surface area contributed by atoms with E-state index in [1.807, 2.05) is 0 Å². The summed E-state index contributed by atoms with van der Waals surface area (Å²) in [5.74, 6) is 1.08. The smallest absolute Gasteiger partial charge is 0.122 e. The van der Waals surface area contributed by atoms with Crippen LogP contribution in [0.3, 0.4) is 0 Å². The van der Waals surface area contributed by atoms with E-state index >= 15 is 0 Å². The first-order valence-electron chi connectivity index (χ1n) is 6.99. The Morgan fingerprint density at radius 2 is 2.26 bits per heavy atom. The predicted molar refractivity (Wildman–Crippen MR) is 79.3 cm³/mol. The van der Waals surface area contributed by atoms with Gasteiger partial charge >= 0.3 is 0 Å². The van der Waals surface area contributed by atoms with Crippen molar-refractivity contribution in [1.82, 2.24) is 4.90 Å². The molecule has 1 aromatic carbocycles. The Balaban J connectivity index is 1.59. The van der Waals surface area contributed by atoms with Crippen molar-refractivity contribution in [2.75, 3.05) is 38.2 Å². The highest BCUT2D eigenvalue weighted by molar-refractivity contribution is 9.09.